The van der Waals surface area contributed by atoms with Crippen LogP contribution in [0.4, 0.5) is 11.4 Å². The Balaban J connectivity index is 1.91. The van der Waals surface area contributed by atoms with Crippen LogP contribution < -0.4 is 29.8 Å². The number of nitrogens with zero attached hydrogens (tertiary/aromatic N) is 2. The number of aryl methyl sites for hydroxylation is 1. The molecule has 0 unspecified atom stereocenters. The molecule has 40 heavy (non-hydrogen) atoms. The molecule has 0 saturated heterocycles. The van der Waals surface area contributed by atoms with E-state index < -0.39 is 11.9 Å². The van der Waals surface area contributed by atoms with Gasteiger partial charge in [0.05, 0.1) is 45.5 Å². The number of amides is 1. The van der Waals surface area contributed by atoms with Gasteiger partial charge in [0.15, 0.2) is 17.1 Å². The Labute approximate surface area is 230 Å². The van der Waals surface area contributed by atoms with Crippen LogP contribution in [0.15, 0.2) is 58.1 Å². The zero-order valence-electron chi connectivity index (χ0n) is 23.0. The maximum atomic E-state index is 13.7. The molecule has 0 atom stereocenters. The Morgan fingerprint density at radius 1 is 0.925 bits per heavy atom. The molecule has 0 aliphatic heterocycles. The van der Waals surface area contributed by atoms with Gasteiger partial charge in [-0.15, -0.1) is 0 Å². The molecule has 208 valence electrons. The van der Waals surface area contributed by atoms with E-state index in [0.29, 0.717) is 56.6 Å². The second-order valence-electron chi connectivity index (χ2n) is 8.53. The molecular weight excluding hydrogens is 518 g/mol. The Hall–Kier alpha value is -5.06. The SMILES string of the molecule is COc1ccc(NC(=O)c2cc3c(COC(C)=O)cnc(C)c3oc2=Nc2ccc(OC)c(OC)c2)c(OC)c1. The third-order valence-electron chi connectivity index (χ3n) is 5.98. The fourth-order valence-electron chi connectivity index (χ4n) is 3.93. The number of ether oxygens (including phenoxy) is 5. The number of aromatic nitrogens is 1. The molecule has 1 amide bonds. The second-order valence-corrected chi connectivity index (χ2v) is 8.53. The number of carbonyl (C=O) groups excluding carboxylic acids is 2. The standard InChI is InChI=1S/C29H29N3O8/c1-16-27-21(18(14-30-16)15-39-17(2)33)13-22(28(34)32-23-9-8-20(35-3)12-25(23)37-5)29(40-27)31-19-7-10-24(36-4)26(11-19)38-6/h7-14H,15H2,1-6H3,(H,32,34). The average Bonchev–Trinajstić information content (AvgIpc) is 2.96. The van der Waals surface area contributed by atoms with Gasteiger partial charge in [-0.3, -0.25) is 14.6 Å². The van der Waals surface area contributed by atoms with Gasteiger partial charge in [-0.2, -0.15) is 0 Å². The minimum absolute atomic E-state index is 0.0271. The molecule has 2 aromatic heterocycles. The summed E-state index contributed by atoms with van der Waals surface area (Å²) in [6.07, 6.45) is 1.58. The fraction of sp³-hybridized carbons (Fsp3) is 0.241. The molecule has 0 bridgehead atoms. The van der Waals surface area contributed by atoms with E-state index in [2.05, 4.69) is 15.3 Å². The molecule has 4 rings (SSSR count). The molecule has 0 radical (unpaired) electrons. The van der Waals surface area contributed by atoms with E-state index in [1.165, 1.54) is 35.4 Å². The van der Waals surface area contributed by atoms with E-state index in [9.17, 15) is 9.59 Å². The van der Waals surface area contributed by atoms with Crippen molar-refractivity contribution in [1.29, 1.82) is 0 Å². The smallest absolute Gasteiger partial charge is 0.302 e. The Morgan fingerprint density at radius 2 is 1.68 bits per heavy atom. The normalized spacial score (nSPS) is 11.2. The summed E-state index contributed by atoms with van der Waals surface area (Å²) in [6, 6.07) is 11.7. The monoisotopic (exact) mass is 547 g/mol. The summed E-state index contributed by atoms with van der Waals surface area (Å²) in [5, 5.41) is 3.41. The highest BCUT2D eigenvalue weighted by Gasteiger charge is 2.19. The zero-order valence-corrected chi connectivity index (χ0v) is 23.0. The molecular formula is C29H29N3O8. The summed E-state index contributed by atoms with van der Waals surface area (Å²) in [5.74, 6) is 0.991. The van der Waals surface area contributed by atoms with E-state index in [4.69, 9.17) is 28.1 Å². The third kappa shape index (κ3) is 5.98. The van der Waals surface area contributed by atoms with Crippen LogP contribution in [0.3, 0.4) is 0 Å². The Kier molecular flexibility index (Phi) is 8.53. The lowest BCUT2D eigenvalue weighted by Gasteiger charge is -2.13. The van der Waals surface area contributed by atoms with E-state index in [0.717, 1.165) is 0 Å². The minimum Gasteiger partial charge on any atom is -0.497 e. The van der Waals surface area contributed by atoms with Crippen molar-refractivity contribution in [2.45, 2.75) is 20.5 Å². The lowest BCUT2D eigenvalue weighted by Crippen LogP contribution is -2.22. The van der Waals surface area contributed by atoms with Gasteiger partial charge < -0.3 is 33.4 Å². The van der Waals surface area contributed by atoms with Crippen molar-refractivity contribution in [3.63, 3.8) is 0 Å². The fourth-order valence-corrected chi connectivity index (χ4v) is 3.93. The lowest BCUT2D eigenvalue weighted by atomic mass is 10.1. The molecule has 0 saturated carbocycles. The van der Waals surface area contributed by atoms with Crippen molar-refractivity contribution in [3.05, 3.63) is 71.0 Å². The second kappa shape index (κ2) is 12.2. The van der Waals surface area contributed by atoms with Crippen LogP contribution >= 0.6 is 0 Å². The van der Waals surface area contributed by atoms with Gasteiger partial charge in [0.25, 0.3) is 5.91 Å². The third-order valence-corrected chi connectivity index (χ3v) is 5.98. The van der Waals surface area contributed by atoms with Crippen LogP contribution in [0.2, 0.25) is 0 Å². The molecule has 11 heteroatoms. The number of carbonyl (C=O) groups is 2. The van der Waals surface area contributed by atoms with Gasteiger partial charge in [0, 0.05) is 36.2 Å². The van der Waals surface area contributed by atoms with Crippen LogP contribution in [-0.2, 0) is 16.1 Å². The van der Waals surface area contributed by atoms with E-state index >= 15 is 0 Å². The van der Waals surface area contributed by atoms with E-state index in [1.807, 2.05) is 0 Å². The summed E-state index contributed by atoms with van der Waals surface area (Å²) in [6.45, 7) is 3.03. The topological polar surface area (TPSA) is 131 Å². The number of anilines is 1. The summed E-state index contributed by atoms with van der Waals surface area (Å²) in [7, 11) is 6.08. The number of rotatable bonds is 9. The van der Waals surface area contributed by atoms with Crippen molar-refractivity contribution in [2.24, 2.45) is 4.99 Å². The van der Waals surface area contributed by atoms with E-state index in [-0.39, 0.29) is 17.7 Å². The predicted octanol–water partition coefficient (Wildman–Crippen LogP) is 4.72. The van der Waals surface area contributed by atoms with Gasteiger partial charge in [0.2, 0.25) is 5.55 Å². The number of benzene rings is 2. The van der Waals surface area contributed by atoms with Gasteiger partial charge in [-0.25, -0.2) is 4.99 Å². The summed E-state index contributed by atoms with van der Waals surface area (Å²) in [5.41, 5.74) is 2.54. The molecule has 4 aromatic rings. The molecule has 0 fully saturated rings. The van der Waals surface area contributed by atoms with Gasteiger partial charge >= 0.3 is 5.97 Å². The quantitative estimate of drug-likeness (QED) is 0.296. The maximum absolute atomic E-state index is 13.7. The molecule has 0 aliphatic carbocycles. The number of esters is 1. The largest absolute Gasteiger partial charge is 0.497 e. The first-order valence-corrected chi connectivity index (χ1v) is 12.1. The molecule has 0 aliphatic rings. The number of methoxy groups -OCH3 is 4. The Morgan fingerprint density at radius 3 is 2.35 bits per heavy atom. The van der Waals surface area contributed by atoms with Crippen LogP contribution in [-0.4, -0.2) is 45.3 Å². The maximum Gasteiger partial charge on any atom is 0.302 e. The van der Waals surface area contributed by atoms with Crippen LogP contribution in [0, 0.1) is 6.92 Å². The minimum atomic E-state index is -0.513. The summed E-state index contributed by atoms with van der Waals surface area (Å²) < 4.78 is 32.8. The number of hydrogen-bond donors (Lipinski definition) is 1. The number of fused-ring (bicyclic) bond motifs is 1. The van der Waals surface area contributed by atoms with Crippen molar-refractivity contribution < 1.29 is 37.7 Å². The highest BCUT2D eigenvalue weighted by atomic mass is 16.5. The first kappa shape index (κ1) is 28.0. The Bertz CT molecular complexity index is 1640. The van der Waals surface area contributed by atoms with Gasteiger partial charge in [0.1, 0.15) is 23.7 Å². The van der Waals surface area contributed by atoms with E-state index in [1.54, 1.807) is 55.6 Å². The average molecular weight is 548 g/mol. The summed E-state index contributed by atoms with van der Waals surface area (Å²) in [4.78, 5) is 34.2. The summed E-state index contributed by atoms with van der Waals surface area (Å²) >= 11 is 0. The zero-order chi connectivity index (χ0) is 28.8. The highest BCUT2D eigenvalue weighted by Crippen LogP contribution is 2.32. The molecule has 0 spiro atoms. The van der Waals surface area contributed by atoms with Gasteiger partial charge in [-0.05, 0) is 37.3 Å². The molecule has 11 nitrogen and oxygen atoms in total. The first-order valence-electron chi connectivity index (χ1n) is 12.1. The lowest BCUT2D eigenvalue weighted by molar-refractivity contribution is -0.142. The van der Waals surface area contributed by atoms with Crippen LogP contribution in [0.5, 0.6) is 23.0 Å². The first-order chi connectivity index (χ1) is 19.3. The number of hydrogen-bond acceptors (Lipinski definition) is 10. The number of nitrogens with one attached hydrogen (secondary N) is 1. The highest BCUT2D eigenvalue weighted by molar-refractivity contribution is 6.06. The van der Waals surface area contributed by atoms with Crippen molar-refractivity contribution >= 4 is 34.2 Å². The van der Waals surface area contributed by atoms with Gasteiger partial charge in [-0.1, -0.05) is 0 Å². The predicted molar refractivity (Wildman–Crippen MR) is 146 cm³/mol. The molecule has 1 N–H and O–H groups in total. The van der Waals surface area contributed by atoms with Crippen molar-refractivity contribution in [2.75, 3.05) is 33.8 Å². The van der Waals surface area contributed by atoms with Crippen LogP contribution in [0.1, 0.15) is 28.5 Å². The molecule has 2 aromatic carbocycles. The van der Waals surface area contributed by atoms with Crippen molar-refractivity contribution in [1.82, 2.24) is 4.98 Å². The van der Waals surface area contributed by atoms with Crippen LogP contribution in [0.25, 0.3) is 11.0 Å². The number of pyridine rings is 1. The molecule has 2 heterocycles. The van der Waals surface area contributed by atoms with Crippen molar-refractivity contribution in [3.8, 4) is 23.0 Å².